The van der Waals surface area contributed by atoms with Gasteiger partial charge in [0.15, 0.2) is 11.0 Å². The van der Waals surface area contributed by atoms with Crippen LogP contribution in [0.4, 0.5) is 5.69 Å². The lowest BCUT2D eigenvalue weighted by atomic mass is 10.1. The second-order valence-corrected chi connectivity index (χ2v) is 9.17. The van der Waals surface area contributed by atoms with Gasteiger partial charge in [0.25, 0.3) is 11.2 Å². The highest BCUT2D eigenvalue weighted by atomic mass is 32.2. The maximum atomic E-state index is 12.5. The van der Waals surface area contributed by atoms with Crippen LogP contribution in [0.15, 0.2) is 45.4 Å². The number of nitriles is 1. The molecule has 0 saturated carbocycles. The minimum absolute atomic E-state index is 0.103. The maximum Gasteiger partial charge on any atom is 0.283 e. The lowest BCUT2D eigenvalue weighted by Gasteiger charge is -2.05. The second kappa shape index (κ2) is 8.41. The van der Waals surface area contributed by atoms with Gasteiger partial charge in [0.1, 0.15) is 10.9 Å². The summed E-state index contributed by atoms with van der Waals surface area (Å²) in [5.74, 6) is 0.125. The number of aryl methyl sites for hydroxylation is 3. The van der Waals surface area contributed by atoms with E-state index in [-0.39, 0.29) is 22.6 Å². The fourth-order valence-corrected chi connectivity index (χ4v) is 5.02. The molecule has 4 aromatic rings. The number of thiophene rings is 1. The molecule has 160 valence electrons. The predicted molar refractivity (Wildman–Crippen MR) is 124 cm³/mol. The highest BCUT2D eigenvalue weighted by molar-refractivity contribution is 7.99. The molecule has 0 aliphatic carbocycles. The first-order chi connectivity index (χ1) is 15.3. The van der Waals surface area contributed by atoms with E-state index in [0.29, 0.717) is 25.8 Å². The quantitative estimate of drug-likeness (QED) is 0.262. The van der Waals surface area contributed by atoms with Gasteiger partial charge in [0.05, 0.1) is 20.8 Å². The topological polar surface area (TPSA) is 130 Å². The van der Waals surface area contributed by atoms with Crippen molar-refractivity contribution in [2.45, 2.75) is 23.9 Å². The number of imidazole rings is 1. The summed E-state index contributed by atoms with van der Waals surface area (Å²) in [5, 5.41) is 22.5. The molecule has 0 saturated heterocycles. The van der Waals surface area contributed by atoms with Gasteiger partial charge in [0, 0.05) is 30.4 Å². The number of aromatic amines is 1. The largest absolute Gasteiger partial charge is 0.329 e. The fraction of sp³-hybridized carbons (Fsp3) is 0.143. The summed E-state index contributed by atoms with van der Waals surface area (Å²) in [6.07, 6.45) is 4.84. The van der Waals surface area contributed by atoms with Crippen LogP contribution in [0.2, 0.25) is 0 Å². The number of hydrogen-bond donors (Lipinski definition) is 1. The molecule has 9 nitrogen and oxygen atoms in total. The third-order valence-corrected chi connectivity index (χ3v) is 7.13. The van der Waals surface area contributed by atoms with Gasteiger partial charge >= 0.3 is 0 Å². The van der Waals surface area contributed by atoms with Crippen molar-refractivity contribution >= 4 is 50.7 Å². The van der Waals surface area contributed by atoms with E-state index in [0.717, 1.165) is 10.4 Å². The number of allylic oxidation sites excluding steroid dienone is 1. The van der Waals surface area contributed by atoms with Crippen molar-refractivity contribution in [2.75, 3.05) is 0 Å². The Kier molecular flexibility index (Phi) is 5.65. The van der Waals surface area contributed by atoms with Gasteiger partial charge in [-0.15, -0.1) is 11.3 Å². The van der Waals surface area contributed by atoms with Crippen LogP contribution in [0.1, 0.15) is 21.8 Å². The Hall–Kier alpha value is -3.75. The molecule has 3 heterocycles. The molecular weight excluding hydrogens is 448 g/mol. The fourth-order valence-electron chi connectivity index (χ4n) is 3.10. The van der Waals surface area contributed by atoms with Gasteiger partial charge in [-0.2, -0.15) is 5.26 Å². The van der Waals surface area contributed by atoms with Crippen molar-refractivity contribution in [3.05, 3.63) is 72.9 Å². The SMILES string of the molecule is Cc1sc2nc(C(C#N)=Cc3ccc(Sc4nccn4C)c([N+](=O)[O-])c3)[nH]c(=O)c2c1C. The minimum atomic E-state index is -0.474. The molecule has 0 amide bonds. The first kappa shape index (κ1) is 21.5. The molecule has 3 aromatic heterocycles. The molecule has 1 N–H and O–H groups in total. The maximum absolute atomic E-state index is 12.5. The van der Waals surface area contributed by atoms with Crippen LogP contribution < -0.4 is 5.56 Å². The van der Waals surface area contributed by atoms with E-state index in [1.165, 1.54) is 35.2 Å². The van der Waals surface area contributed by atoms with E-state index >= 15 is 0 Å². The van der Waals surface area contributed by atoms with Crippen molar-refractivity contribution in [3.63, 3.8) is 0 Å². The Morgan fingerprint density at radius 2 is 2.19 bits per heavy atom. The monoisotopic (exact) mass is 464 g/mol. The summed E-state index contributed by atoms with van der Waals surface area (Å²) >= 11 is 2.56. The molecule has 11 heteroatoms. The molecule has 1 aromatic carbocycles. The van der Waals surface area contributed by atoms with Gasteiger partial charge in [-0.25, -0.2) is 9.97 Å². The van der Waals surface area contributed by atoms with Crippen LogP contribution in [0.3, 0.4) is 0 Å². The number of hydrogen-bond acceptors (Lipinski definition) is 8. The number of rotatable bonds is 5. The van der Waals surface area contributed by atoms with E-state index in [1.54, 1.807) is 36.1 Å². The smallest absolute Gasteiger partial charge is 0.283 e. The summed E-state index contributed by atoms with van der Waals surface area (Å²) in [6.45, 7) is 3.76. The lowest BCUT2D eigenvalue weighted by molar-refractivity contribution is -0.387. The standard InChI is InChI=1S/C21H16N6O3S2/c1-11-12(2)31-20-17(11)19(28)24-18(25-20)14(10-22)8-13-4-5-16(15(9-13)27(29)30)32-21-23-6-7-26(21)3/h4-9H,1-3H3,(H,24,25,28). The van der Waals surface area contributed by atoms with Crippen LogP contribution in [-0.2, 0) is 7.05 Å². The molecule has 32 heavy (non-hydrogen) atoms. The van der Waals surface area contributed by atoms with E-state index in [2.05, 4.69) is 15.0 Å². The number of fused-ring (bicyclic) bond motifs is 1. The first-order valence-electron chi connectivity index (χ1n) is 9.34. The number of H-pyrrole nitrogens is 1. The summed E-state index contributed by atoms with van der Waals surface area (Å²) in [6, 6.07) is 6.71. The molecule has 0 aliphatic rings. The van der Waals surface area contributed by atoms with E-state index in [4.69, 9.17) is 0 Å². The molecule has 0 radical (unpaired) electrons. The van der Waals surface area contributed by atoms with E-state index < -0.39 is 4.92 Å². The summed E-state index contributed by atoms with van der Waals surface area (Å²) in [7, 11) is 1.80. The van der Waals surface area contributed by atoms with Crippen LogP contribution in [0.5, 0.6) is 0 Å². The van der Waals surface area contributed by atoms with E-state index in [1.807, 2.05) is 19.9 Å². The van der Waals surface area contributed by atoms with Gasteiger partial charge < -0.3 is 9.55 Å². The summed E-state index contributed by atoms with van der Waals surface area (Å²) in [4.78, 5) is 37.0. The number of benzene rings is 1. The number of nitro benzene ring substituents is 1. The molecule has 0 aliphatic heterocycles. The van der Waals surface area contributed by atoms with Crippen molar-refractivity contribution in [1.29, 1.82) is 5.26 Å². The molecule has 4 rings (SSSR count). The van der Waals surface area contributed by atoms with Crippen molar-refractivity contribution < 1.29 is 4.92 Å². The highest BCUT2D eigenvalue weighted by Gasteiger charge is 2.18. The normalized spacial score (nSPS) is 11.6. The van der Waals surface area contributed by atoms with Gasteiger partial charge in [0.2, 0.25) is 0 Å². The Morgan fingerprint density at radius 1 is 1.41 bits per heavy atom. The molecule has 0 atom stereocenters. The van der Waals surface area contributed by atoms with Crippen molar-refractivity contribution in [2.24, 2.45) is 7.05 Å². The van der Waals surface area contributed by atoms with Gasteiger partial charge in [-0.3, -0.25) is 14.9 Å². The lowest BCUT2D eigenvalue weighted by Crippen LogP contribution is -2.10. The average Bonchev–Trinajstić information content (AvgIpc) is 3.29. The Morgan fingerprint density at radius 3 is 2.84 bits per heavy atom. The van der Waals surface area contributed by atoms with Gasteiger partial charge in [-0.05, 0) is 48.9 Å². The zero-order chi connectivity index (χ0) is 23.0. The Balaban J connectivity index is 1.76. The van der Waals surface area contributed by atoms with Crippen LogP contribution in [0, 0.1) is 35.3 Å². The molecule has 0 fully saturated rings. The third kappa shape index (κ3) is 3.93. The summed E-state index contributed by atoms with van der Waals surface area (Å²) in [5.41, 5.74) is 0.987. The molecule has 0 spiro atoms. The minimum Gasteiger partial charge on any atom is -0.329 e. The zero-order valence-corrected chi connectivity index (χ0v) is 18.9. The Bertz CT molecular complexity index is 1510. The molecule has 0 unspecified atom stereocenters. The molecular formula is C21H16N6O3S2. The Labute approximate surface area is 190 Å². The zero-order valence-electron chi connectivity index (χ0n) is 17.2. The number of nitrogens with one attached hydrogen (secondary N) is 1. The van der Waals surface area contributed by atoms with Crippen molar-refractivity contribution in [1.82, 2.24) is 19.5 Å². The summed E-state index contributed by atoms with van der Waals surface area (Å²) < 4.78 is 1.77. The highest BCUT2D eigenvalue weighted by Crippen LogP contribution is 2.35. The number of aromatic nitrogens is 4. The third-order valence-electron chi connectivity index (χ3n) is 4.88. The van der Waals surface area contributed by atoms with Crippen molar-refractivity contribution in [3.8, 4) is 6.07 Å². The first-order valence-corrected chi connectivity index (χ1v) is 11.0. The number of nitrogens with zero attached hydrogens (tertiary/aromatic N) is 5. The van der Waals surface area contributed by atoms with Crippen LogP contribution >= 0.6 is 23.1 Å². The average molecular weight is 465 g/mol. The molecule has 0 bridgehead atoms. The van der Waals surface area contributed by atoms with Crippen LogP contribution in [-0.4, -0.2) is 24.4 Å². The second-order valence-electron chi connectivity index (χ2n) is 6.95. The van der Waals surface area contributed by atoms with Crippen LogP contribution in [0.25, 0.3) is 21.9 Å². The predicted octanol–water partition coefficient (Wildman–Crippen LogP) is 4.46. The van der Waals surface area contributed by atoms with E-state index in [9.17, 15) is 20.2 Å². The van der Waals surface area contributed by atoms with Gasteiger partial charge in [-0.1, -0.05) is 6.07 Å². The number of nitro groups is 1.